The van der Waals surface area contributed by atoms with Crippen LogP contribution in [0.25, 0.3) is 0 Å². The van der Waals surface area contributed by atoms with Crippen LogP contribution in [0.3, 0.4) is 0 Å². The summed E-state index contributed by atoms with van der Waals surface area (Å²) in [4.78, 5) is 0. The molecular weight excluding hydrogens is 194 g/mol. The van der Waals surface area contributed by atoms with Gasteiger partial charge in [0.2, 0.25) is 0 Å². The van der Waals surface area contributed by atoms with Crippen LogP contribution in [0.2, 0.25) is 0 Å². The second-order valence-corrected chi connectivity index (χ2v) is 5.17. The van der Waals surface area contributed by atoms with Crippen LogP contribution >= 0.6 is 0 Å². The van der Waals surface area contributed by atoms with Crippen molar-refractivity contribution in [2.75, 3.05) is 0 Å². The molecule has 0 amide bonds. The van der Waals surface area contributed by atoms with Gasteiger partial charge in [-0.05, 0) is 38.2 Å². The van der Waals surface area contributed by atoms with Gasteiger partial charge in [-0.15, -0.1) is 0 Å². The Bertz CT molecular complexity index is 279. The molecule has 0 aliphatic heterocycles. The molecule has 0 aliphatic rings. The van der Waals surface area contributed by atoms with Gasteiger partial charge in [0.1, 0.15) is 0 Å². The molecule has 1 aromatic carbocycles. The van der Waals surface area contributed by atoms with Crippen molar-refractivity contribution in [3.05, 3.63) is 35.9 Å². The predicted molar refractivity (Wildman–Crippen MR) is 71.5 cm³/mol. The van der Waals surface area contributed by atoms with Crippen LogP contribution in [0.1, 0.15) is 52.1 Å². The fourth-order valence-electron chi connectivity index (χ4n) is 1.93. The zero-order chi connectivity index (χ0) is 12.0. The molecule has 0 radical (unpaired) electrons. The zero-order valence-electron chi connectivity index (χ0n) is 11.0. The minimum absolute atomic E-state index is 0.448. The molecule has 0 fully saturated rings. The molecule has 2 atom stereocenters. The molecule has 0 aliphatic carbocycles. The third kappa shape index (κ3) is 4.80. The lowest BCUT2D eigenvalue weighted by Gasteiger charge is -2.21. The maximum Gasteiger partial charge on any atom is 0.0294 e. The summed E-state index contributed by atoms with van der Waals surface area (Å²) in [6.07, 6.45) is 2.56. The average molecular weight is 219 g/mol. The van der Waals surface area contributed by atoms with E-state index in [1.54, 1.807) is 0 Å². The monoisotopic (exact) mass is 219 g/mol. The first-order valence-corrected chi connectivity index (χ1v) is 6.40. The molecule has 16 heavy (non-hydrogen) atoms. The number of nitrogens with one attached hydrogen (secondary N) is 1. The summed E-state index contributed by atoms with van der Waals surface area (Å²) >= 11 is 0. The maximum absolute atomic E-state index is 3.65. The second kappa shape index (κ2) is 6.70. The topological polar surface area (TPSA) is 12.0 Å². The Kier molecular flexibility index (Phi) is 5.54. The largest absolute Gasteiger partial charge is 0.308 e. The lowest BCUT2D eigenvalue weighted by Crippen LogP contribution is -2.29. The molecule has 0 bridgehead atoms. The molecule has 1 heteroatoms. The Hall–Kier alpha value is -0.820. The molecule has 1 nitrogen and oxygen atoms in total. The first kappa shape index (κ1) is 13.2. The number of hydrogen-bond acceptors (Lipinski definition) is 1. The molecule has 0 heterocycles. The molecule has 90 valence electrons. The minimum atomic E-state index is 0.448. The summed E-state index contributed by atoms with van der Waals surface area (Å²) in [6.45, 7) is 9.09. The number of benzene rings is 1. The van der Waals surface area contributed by atoms with Gasteiger partial charge in [0.15, 0.2) is 0 Å². The molecule has 1 aromatic rings. The zero-order valence-corrected chi connectivity index (χ0v) is 11.0. The summed E-state index contributed by atoms with van der Waals surface area (Å²) in [5.74, 6) is 0.802. The molecule has 1 N–H and O–H groups in total. The van der Waals surface area contributed by atoms with Crippen LogP contribution in [0.5, 0.6) is 0 Å². The molecule has 0 spiro atoms. The van der Waals surface area contributed by atoms with Crippen LogP contribution < -0.4 is 5.32 Å². The van der Waals surface area contributed by atoms with E-state index >= 15 is 0 Å². The summed E-state index contributed by atoms with van der Waals surface area (Å²) in [5, 5.41) is 3.65. The number of rotatable bonds is 6. The van der Waals surface area contributed by atoms with Crippen LogP contribution in [0.15, 0.2) is 30.3 Å². The molecule has 0 saturated carbocycles. The van der Waals surface area contributed by atoms with Gasteiger partial charge in [0.05, 0.1) is 0 Å². The standard InChI is InChI=1S/C15H25N/c1-12(2)10-11-13(3)16-14(4)15-8-6-5-7-9-15/h5-9,12-14,16H,10-11H2,1-4H3. The van der Waals surface area contributed by atoms with E-state index in [0.29, 0.717) is 12.1 Å². The van der Waals surface area contributed by atoms with Gasteiger partial charge in [-0.1, -0.05) is 44.2 Å². The number of hydrogen-bond donors (Lipinski definition) is 1. The van der Waals surface area contributed by atoms with Crippen LogP contribution in [-0.4, -0.2) is 6.04 Å². The molecule has 0 saturated heterocycles. The Morgan fingerprint density at radius 3 is 2.12 bits per heavy atom. The molecule has 0 aromatic heterocycles. The molecular formula is C15H25N. The van der Waals surface area contributed by atoms with Crippen molar-refractivity contribution in [1.82, 2.24) is 5.32 Å². The highest BCUT2D eigenvalue weighted by Gasteiger charge is 2.09. The van der Waals surface area contributed by atoms with Crippen molar-refractivity contribution in [3.63, 3.8) is 0 Å². The lowest BCUT2D eigenvalue weighted by molar-refractivity contribution is 0.417. The van der Waals surface area contributed by atoms with Crippen LogP contribution in [0.4, 0.5) is 0 Å². The van der Waals surface area contributed by atoms with E-state index in [4.69, 9.17) is 0 Å². The Balaban J connectivity index is 2.36. The first-order chi connectivity index (χ1) is 7.59. The smallest absolute Gasteiger partial charge is 0.0294 e. The summed E-state index contributed by atoms with van der Waals surface area (Å²) < 4.78 is 0. The van der Waals surface area contributed by atoms with Gasteiger partial charge in [-0.25, -0.2) is 0 Å². The van der Waals surface area contributed by atoms with E-state index in [2.05, 4.69) is 63.3 Å². The fourth-order valence-corrected chi connectivity index (χ4v) is 1.93. The van der Waals surface area contributed by atoms with E-state index in [1.165, 1.54) is 18.4 Å². The highest BCUT2D eigenvalue weighted by atomic mass is 14.9. The Labute approximate surface area is 100 Å². The average Bonchev–Trinajstić information content (AvgIpc) is 2.27. The van der Waals surface area contributed by atoms with E-state index < -0.39 is 0 Å². The van der Waals surface area contributed by atoms with E-state index in [1.807, 2.05) is 0 Å². The van der Waals surface area contributed by atoms with Gasteiger partial charge in [0, 0.05) is 12.1 Å². The summed E-state index contributed by atoms with van der Waals surface area (Å²) in [5.41, 5.74) is 1.37. The second-order valence-electron chi connectivity index (χ2n) is 5.17. The van der Waals surface area contributed by atoms with E-state index in [-0.39, 0.29) is 0 Å². The summed E-state index contributed by atoms with van der Waals surface area (Å²) in [7, 11) is 0. The van der Waals surface area contributed by atoms with Crippen LogP contribution in [-0.2, 0) is 0 Å². The third-order valence-electron chi connectivity index (χ3n) is 3.01. The van der Waals surface area contributed by atoms with Crippen molar-refractivity contribution in [3.8, 4) is 0 Å². The maximum atomic E-state index is 3.65. The highest BCUT2D eigenvalue weighted by Crippen LogP contribution is 2.14. The highest BCUT2D eigenvalue weighted by molar-refractivity contribution is 5.18. The first-order valence-electron chi connectivity index (χ1n) is 6.40. The van der Waals surface area contributed by atoms with Crippen molar-refractivity contribution in [2.24, 2.45) is 5.92 Å². The summed E-state index contributed by atoms with van der Waals surface area (Å²) in [6, 6.07) is 11.7. The van der Waals surface area contributed by atoms with Gasteiger partial charge in [-0.3, -0.25) is 0 Å². The molecule has 2 unspecified atom stereocenters. The van der Waals surface area contributed by atoms with E-state index in [9.17, 15) is 0 Å². The van der Waals surface area contributed by atoms with Gasteiger partial charge < -0.3 is 5.32 Å². The molecule has 1 rings (SSSR count). The lowest BCUT2D eigenvalue weighted by atomic mass is 10.0. The van der Waals surface area contributed by atoms with Gasteiger partial charge in [0.25, 0.3) is 0 Å². The Morgan fingerprint density at radius 1 is 0.938 bits per heavy atom. The van der Waals surface area contributed by atoms with Gasteiger partial charge in [-0.2, -0.15) is 0 Å². The fraction of sp³-hybridized carbons (Fsp3) is 0.600. The predicted octanol–water partition coefficient (Wildman–Crippen LogP) is 4.16. The van der Waals surface area contributed by atoms with Crippen molar-refractivity contribution in [2.45, 2.75) is 52.6 Å². The normalized spacial score (nSPS) is 15.1. The SMILES string of the molecule is CC(C)CCC(C)NC(C)c1ccccc1. The Morgan fingerprint density at radius 2 is 1.56 bits per heavy atom. The minimum Gasteiger partial charge on any atom is -0.308 e. The van der Waals surface area contributed by atoms with Crippen LogP contribution in [0, 0.1) is 5.92 Å². The van der Waals surface area contributed by atoms with Crippen molar-refractivity contribution in [1.29, 1.82) is 0 Å². The van der Waals surface area contributed by atoms with Crippen molar-refractivity contribution >= 4 is 0 Å². The van der Waals surface area contributed by atoms with Gasteiger partial charge >= 0.3 is 0 Å². The van der Waals surface area contributed by atoms with E-state index in [0.717, 1.165) is 5.92 Å². The quantitative estimate of drug-likeness (QED) is 0.757. The van der Waals surface area contributed by atoms with Crippen molar-refractivity contribution < 1.29 is 0 Å². The third-order valence-corrected chi connectivity index (χ3v) is 3.01.